The van der Waals surface area contributed by atoms with Crippen molar-refractivity contribution in [3.8, 4) is 0 Å². The Morgan fingerprint density at radius 2 is 1.92 bits per heavy atom. The van der Waals surface area contributed by atoms with E-state index in [0.717, 1.165) is 25.9 Å². The number of amides is 1. The maximum atomic E-state index is 11.6. The van der Waals surface area contributed by atoms with Crippen molar-refractivity contribution in [2.75, 3.05) is 19.7 Å². The molecule has 0 spiro atoms. The fraction of sp³-hybridized carbons (Fsp3) is 0.900. The molecule has 0 unspecified atom stereocenters. The summed E-state index contributed by atoms with van der Waals surface area (Å²) in [6.45, 7) is 5.72. The molecule has 1 N–H and O–H groups in total. The molecule has 1 aliphatic heterocycles. The number of carbonyl (C=O) groups excluding carboxylic acids is 1. The Morgan fingerprint density at radius 1 is 1.38 bits per heavy atom. The van der Waals surface area contributed by atoms with E-state index in [9.17, 15) is 4.79 Å². The second kappa shape index (κ2) is 4.09. The Balaban J connectivity index is 2.40. The molecule has 76 valence electrons. The van der Waals surface area contributed by atoms with Gasteiger partial charge < -0.3 is 10.0 Å². The minimum atomic E-state index is -0.264. The lowest BCUT2D eigenvalue weighted by atomic mass is 9.90. The van der Waals surface area contributed by atoms with Crippen LogP contribution in [0.4, 0.5) is 0 Å². The zero-order valence-corrected chi connectivity index (χ0v) is 8.55. The highest BCUT2D eigenvalue weighted by atomic mass is 16.3. The molecular formula is C10H19NO2. The third-order valence-electron chi connectivity index (χ3n) is 2.52. The number of carbonyl (C=O) groups is 1. The van der Waals surface area contributed by atoms with E-state index in [2.05, 4.69) is 0 Å². The van der Waals surface area contributed by atoms with Gasteiger partial charge in [-0.15, -0.1) is 0 Å². The first-order valence-corrected chi connectivity index (χ1v) is 4.94. The minimum Gasteiger partial charge on any atom is -0.396 e. The molecule has 13 heavy (non-hydrogen) atoms. The number of hydrogen-bond acceptors (Lipinski definition) is 2. The third-order valence-corrected chi connectivity index (χ3v) is 2.52. The van der Waals surface area contributed by atoms with Crippen molar-refractivity contribution >= 4 is 5.91 Å². The molecule has 0 aromatic rings. The standard InChI is InChI=1S/C10H19NO2/c1-10(2,8-12)7-9(13)11-5-3-4-6-11/h12H,3-8H2,1-2H3. The largest absolute Gasteiger partial charge is 0.396 e. The van der Waals surface area contributed by atoms with E-state index in [1.165, 1.54) is 0 Å². The Hall–Kier alpha value is -0.570. The van der Waals surface area contributed by atoms with Gasteiger partial charge in [-0.3, -0.25) is 4.79 Å². The molecule has 0 radical (unpaired) electrons. The summed E-state index contributed by atoms with van der Waals surface area (Å²) in [5, 5.41) is 9.01. The number of aliphatic hydroxyl groups excluding tert-OH is 1. The van der Waals surface area contributed by atoms with Crippen LogP contribution in [0.25, 0.3) is 0 Å². The summed E-state index contributed by atoms with van der Waals surface area (Å²) in [4.78, 5) is 13.5. The highest BCUT2D eigenvalue weighted by Gasteiger charge is 2.25. The first kappa shape index (κ1) is 10.5. The van der Waals surface area contributed by atoms with Crippen molar-refractivity contribution < 1.29 is 9.90 Å². The van der Waals surface area contributed by atoms with Crippen molar-refractivity contribution in [3.63, 3.8) is 0 Å². The summed E-state index contributed by atoms with van der Waals surface area (Å²) in [7, 11) is 0. The van der Waals surface area contributed by atoms with E-state index in [4.69, 9.17) is 5.11 Å². The first-order chi connectivity index (χ1) is 6.05. The smallest absolute Gasteiger partial charge is 0.223 e. The molecule has 0 bridgehead atoms. The van der Waals surface area contributed by atoms with Crippen LogP contribution in [-0.2, 0) is 4.79 Å². The van der Waals surface area contributed by atoms with E-state index in [-0.39, 0.29) is 17.9 Å². The maximum absolute atomic E-state index is 11.6. The van der Waals surface area contributed by atoms with Crippen molar-refractivity contribution in [2.45, 2.75) is 33.1 Å². The minimum absolute atomic E-state index is 0.0760. The van der Waals surface area contributed by atoms with Crippen LogP contribution in [0.3, 0.4) is 0 Å². The normalized spacial score (nSPS) is 17.9. The number of aliphatic hydroxyl groups is 1. The zero-order chi connectivity index (χ0) is 9.90. The van der Waals surface area contributed by atoms with Crippen LogP contribution >= 0.6 is 0 Å². The average molecular weight is 185 g/mol. The van der Waals surface area contributed by atoms with Gasteiger partial charge >= 0.3 is 0 Å². The van der Waals surface area contributed by atoms with Gasteiger partial charge in [0.25, 0.3) is 0 Å². The fourth-order valence-corrected chi connectivity index (χ4v) is 1.54. The number of hydrogen-bond donors (Lipinski definition) is 1. The zero-order valence-electron chi connectivity index (χ0n) is 8.55. The van der Waals surface area contributed by atoms with Gasteiger partial charge in [-0.25, -0.2) is 0 Å². The van der Waals surface area contributed by atoms with E-state index < -0.39 is 0 Å². The summed E-state index contributed by atoms with van der Waals surface area (Å²) in [6.07, 6.45) is 2.72. The molecular weight excluding hydrogens is 166 g/mol. The lowest BCUT2D eigenvalue weighted by Gasteiger charge is -2.24. The van der Waals surface area contributed by atoms with Gasteiger partial charge in [0.2, 0.25) is 5.91 Å². The van der Waals surface area contributed by atoms with E-state index in [1.807, 2.05) is 18.7 Å². The lowest BCUT2D eigenvalue weighted by Crippen LogP contribution is -2.33. The maximum Gasteiger partial charge on any atom is 0.223 e. The molecule has 1 amide bonds. The Bertz CT molecular complexity index is 183. The van der Waals surface area contributed by atoms with Gasteiger partial charge in [0, 0.05) is 26.1 Å². The van der Waals surface area contributed by atoms with E-state index >= 15 is 0 Å². The molecule has 0 aromatic carbocycles. The SMILES string of the molecule is CC(C)(CO)CC(=O)N1CCCC1. The molecule has 1 heterocycles. The summed E-state index contributed by atoms with van der Waals surface area (Å²) >= 11 is 0. The Kier molecular flexibility index (Phi) is 3.31. The van der Waals surface area contributed by atoms with Crippen LogP contribution in [0.5, 0.6) is 0 Å². The molecule has 0 atom stereocenters. The third kappa shape index (κ3) is 2.99. The number of likely N-dealkylation sites (tertiary alicyclic amines) is 1. The molecule has 1 aliphatic rings. The number of nitrogens with zero attached hydrogens (tertiary/aromatic N) is 1. The van der Waals surface area contributed by atoms with Gasteiger partial charge in [0.15, 0.2) is 0 Å². The quantitative estimate of drug-likeness (QED) is 0.713. The average Bonchev–Trinajstić information content (AvgIpc) is 2.55. The molecule has 0 aromatic heterocycles. The van der Waals surface area contributed by atoms with Crippen LogP contribution in [0.15, 0.2) is 0 Å². The molecule has 1 saturated heterocycles. The topological polar surface area (TPSA) is 40.5 Å². The second-order valence-electron chi connectivity index (χ2n) is 4.59. The summed E-state index contributed by atoms with van der Waals surface area (Å²) in [6, 6.07) is 0. The first-order valence-electron chi connectivity index (χ1n) is 4.94. The van der Waals surface area contributed by atoms with Crippen LogP contribution in [-0.4, -0.2) is 35.6 Å². The van der Waals surface area contributed by atoms with Gasteiger partial charge in [-0.2, -0.15) is 0 Å². The van der Waals surface area contributed by atoms with Crippen molar-refractivity contribution in [3.05, 3.63) is 0 Å². The van der Waals surface area contributed by atoms with Crippen molar-refractivity contribution in [1.29, 1.82) is 0 Å². The summed E-state index contributed by atoms with van der Waals surface area (Å²) < 4.78 is 0. The predicted molar refractivity (Wildman–Crippen MR) is 51.3 cm³/mol. The fourth-order valence-electron chi connectivity index (χ4n) is 1.54. The highest BCUT2D eigenvalue weighted by molar-refractivity contribution is 5.77. The Morgan fingerprint density at radius 3 is 2.38 bits per heavy atom. The molecule has 1 rings (SSSR count). The summed E-state index contributed by atoms with van der Waals surface area (Å²) in [5.41, 5.74) is -0.264. The molecule has 3 heteroatoms. The van der Waals surface area contributed by atoms with Crippen LogP contribution < -0.4 is 0 Å². The molecule has 0 aliphatic carbocycles. The monoisotopic (exact) mass is 185 g/mol. The van der Waals surface area contributed by atoms with E-state index in [1.54, 1.807) is 0 Å². The molecule has 3 nitrogen and oxygen atoms in total. The van der Waals surface area contributed by atoms with Crippen molar-refractivity contribution in [1.82, 2.24) is 4.90 Å². The van der Waals surface area contributed by atoms with Gasteiger partial charge in [0.05, 0.1) is 0 Å². The van der Waals surface area contributed by atoms with E-state index in [0.29, 0.717) is 6.42 Å². The van der Waals surface area contributed by atoms with Crippen LogP contribution in [0.2, 0.25) is 0 Å². The summed E-state index contributed by atoms with van der Waals surface area (Å²) in [5.74, 6) is 0.191. The molecule has 1 fully saturated rings. The van der Waals surface area contributed by atoms with Gasteiger partial charge in [-0.05, 0) is 18.3 Å². The van der Waals surface area contributed by atoms with Crippen LogP contribution in [0.1, 0.15) is 33.1 Å². The lowest BCUT2D eigenvalue weighted by molar-refractivity contribution is -0.132. The van der Waals surface area contributed by atoms with Crippen LogP contribution in [0, 0.1) is 5.41 Å². The van der Waals surface area contributed by atoms with Crippen molar-refractivity contribution in [2.24, 2.45) is 5.41 Å². The number of rotatable bonds is 3. The Labute approximate surface area is 79.7 Å². The highest BCUT2D eigenvalue weighted by Crippen LogP contribution is 2.21. The predicted octanol–water partition coefficient (Wildman–Crippen LogP) is 1.02. The second-order valence-corrected chi connectivity index (χ2v) is 4.59. The van der Waals surface area contributed by atoms with Gasteiger partial charge in [-0.1, -0.05) is 13.8 Å². The van der Waals surface area contributed by atoms with Gasteiger partial charge in [0.1, 0.15) is 0 Å². The molecule has 0 saturated carbocycles.